The van der Waals surface area contributed by atoms with Crippen LogP contribution >= 0.6 is 0 Å². The van der Waals surface area contributed by atoms with E-state index in [0.717, 1.165) is 30.5 Å². The summed E-state index contributed by atoms with van der Waals surface area (Å²) >= 11 is 0. The number of aliphatic hydroxyl groups excluding tert-OH is 1. The van der Waals surface area contributed by atoms with Crippen LogP contribution in [0.1, 0.15) is 36.5 Å². The number of imidazole rings is 1. The highest BCUT2D eigenvalue weighted by Gasteiger charge is 2.34. The highest BCUT2D eigenvalue weighted by atomic mass is 19.4. The van der Waals surface area contributed by atoms with Crippen molar-refractivity contribution in [1.29, 1.82) is 0 Å². The molecule has 0 spiro atoms. The van der Waals surface area contributed by atoms with E-state index >= 15 is 0 Å². The summed E-state index contributed by atoms with van der Waals surface area (Å²) in [7, 11) is 0. The molecule has 0 bridgehead atoms. The number of hydrogen-bond acceptors (Lipinski definition) is 4. The Balaban J connectivity index is 1.55. The first kappa shape index (κ1) is 21.9. The fourth-order valence-electron chi connectivity index (χ4n) is 3.44. The number of para-hydroxylation sites is 1. The third-order valence-electron chi connectivity index (χ3n) is 5.49. The molecule has 170 valence electrons. The summed E-state index contributed by atoms with van der Waals surface area (Å²) in [4.78, 5) is 19.5. The molecule has 1 aliphatic carbocycles. The summed E-state index contributed by atoms with van der Waals surface area (Å²) in [5.41, 5.74) is 0.359. The Bertz CT molecular complexity index is 1130. The zero-order chi connectivity index (χ0) is 22.9. The molecule has 1 saturated carbocycles. The lowest BCUT2D eigenvalue weighted by molar-refractivity contribution is -0.137. The fourth-order valence-corrected chi connectivity index (χ4v) is 3.44. The van der Waals surface area contributed by atoms with Crippen molar-refractivity contribution in [2.24, 2.45) is 0 Å². The van der Waals surface area contributed by atoms with Crippen LogP contribution in [0.15, 0.2) is 42.5 Å². The largest absolute Gasteiger partial charge is 0.416 e. The number of fused-ring (bicyclic) bond motifs is 1. The van der Waals surface area contributed by atoms with E-state index in [1.165, 1.54) is 12.1 Å². The van der Waals surface area contributed by atoms with Gasteiger partial charge < -0.3 is 26.0 Å². The average molecular weight is 447 g/mol. The third-order valence-corrected chi connectivity index (χ3v) is 5.49. The van der Waals surface area contributed by atoms with Gasteiger partial charge in [-0.05, 0) is 49.1 Å². The molecule has 10 heteroatoms. The van der Waals surface area contributed by atoms with Gasteiger partial charge in [0.25, 0.3) is 0 Å². The topological polar surface area (TPSA) is 102 Å². The van der Waals surface area contributed by atoms with Gasteiger partial charge in [0.05, 0.1) is 28.7 Å². The Kier molecular flexibility index (Phi) is 5.72. The first-order valence-corrected chi connectivity index (χ1v) is 10.3. The molecule has 0 saturated heterocycles. The second kappa shape index (κ2) is 8.34. The molecule has 32 heavy (non-hydrogen) atoms. The molecule has 1 fully saturated rings. The molecular weight excluding hydrogens is 423 g/mol. The Morgan fingerprint density at radius 2 is 1.91 bits per heavy atom. The summed E-state index contributed by atoms with van der Waals surface area (Å²) in [6.07, 6.45) is -2.50. The fraction of sp³-hybridized carbons (Fsp3) is 0.364. The number of urea groups is 1. The van der Waals surface area contributed by atoms with Gasteiger partial charge in [-0.25, -0.2) is 9.78 Å². The van der Waals surface area contributed by atoms with Gasteiger partial charge in [0, 0.05) is 12.6 Å². The molecule has 2 amide bonds. The number of amides is 2. The van der Waals surface area contributed by atoms with Crippen molar-refractivity contribution in [3.05, 3.63) is 59.2 Å². The number of halogens is 3. The molecule has 0 aliphatic heterocycles. The Morgan fingerprint density at radius 3 is 2.59 bits per heavy atom. The minimum atomic E-state index is -4.49. The van der Waals surface area contributed by atoms with Crippen LogP contribution < -0.4 is 16.0 Å². The lowest BCUT2D eigenvalue weighted by atomic mass is 9.91. The van der Waals surface area contributed by atoms with Crippen LogP contribution in [-0.2, 0) is 18.3 Å². The van der Waals surface area contributed by atoms with Gasteiger partial charge in [-0.3, -0.25) is 0 Å². The summed E-state index contributed by atoms with van der Waals surface area (Å²) < 4.78 is 39.4. The third kappa shape index (κ3) is 4.80. The summed E-state index contributed by atoms with van der Waals surface area (Å²) in [6, 6.07) is 10.3. The molecule has 0 radical (unpaired) electrons. The van der Waals surface area contributed by atoms with E-state index in [4.69, 9.17) is 0 Å². The van der Waals surface area contributed by atoms with E-state index < -0.39 is 23.9 Å². The normalized spacial score (nSPS) is 15.9. The van der Waals surface area contributed by atoms with Gasteiger partial charge in [0.1, 0.15) is 0 Å². The highest BCUT2D eigenvalue weighted by Crippen LogP contribution is 2.33. The molecule has 1 aliphatic rings. The number of hydrogen-bond donors (Lipinski definition) is 5. The smallest absolute Gasteiger partial charge is 0.394 e. The maximum absolute atomic E-state index is 13.1. The van der Waals surface area contributed by atoms with Gasteiger partial charge in [0.15, 0.2) is 0 Å². The molecule has 2 aromatic carbocycles. The van der Waals surface area contributed by atoms with Crippen LogP contribution in [-0.4, -0.2) is 33.8 Å². The predicted molar refractivity (Wildman–Crippen MR) is 114 cm³/mol. The maximum atomic E-state index is 13.1. The molecule has 7 nitrogen and oxygen atoms in total. The van der Waals surface area contributed by atoms with Crippen molar-refractivity contribution in [2.75, 3.05) is 11.9 Å². The number of benzene rings is 2. The first-order valence-electron chi connectivity index (χ1n) is 10.3. The zero-order valence-corrected chi connectivity index (χ0v) is 17.4. The van der Waals surface area contributed by atoms with Crippen LogP contribution in [0.5, 0.6) is 0 Å². The lowest BCUT2D eigenvalue weighted by Gasteiger charge is -2.29. The molecular formula is C22H24F3N5O2. The Morgan fingerprint density at radius 1 is 1.19 bits per heavy atom. The number of nitrogens with one attached hydrogen (secondary N) is 4. The van der Waals surface area contributed by atoms with Crippen molar-refractivity contribution in [3.63, 3.8) is 0 Å². The Hall–Kier alpha value is -3.27. The Labute approximate surface area is 182 Å². The van der Waals surface area contributed by atoms with E-state index in [1.807, 2.05) is 18.2 Å². The average Bonchev–Trinajstić information content (AvgIpc) is 3.47. The first-order chi connectivity index (χ1) is 15.2. The number of nitrogens with zero attached hydrogens (tertiary/aromatic N) is 1. The van der Waals surface area contributed by atoms with E-state index in [1.54, 1.807) is 6.92 Å². The quantitative estimate of drug-likeness (QED) is 0.380. The zero-order valence-electron chi connectivity index (χ0n) is 17.4. The number of aromatic amines is 1. The van der Waals surface area contributed by atoms with Gasteiger partial charge in [0.2, 0.25) is 5.95 Å². The van der Waals surface area contributed by atoms with Gasteiger partial charge >= 0.3 is 12.2 Å². The summed E-state index contributed by atoms with van der Waals surface area (Å²) in [5.74, 6) is 0.295. The molecule has 1 heterocycles. The summed E-state index contributed by atoms with van der Waals surface area (Å²) in [5, 5.41) is 18.7. The van der Waals surface area contributed by atoms with Crippen molar-refractivity contribution >= 4 is 23.0 Å². The SMILES string of the molecule is CC(CO)(Nc1nc2c(CNC(=O)NC3CC3)cccc2[nH]1)c1cccc(C(F)(F)F)c1. The van der Waals surface area contributed by atoms with Crippen LogP contribution in [0, 0.1) is 0 Å². The van der Waals surface area contributed by atoms with Gasteiger partial charge in [-0.1, -0.05) is 24.3 Å². The standard InChI is InChI=1S/C22H24F3N5O2/c1-21(12-31,14-5-3-6-15(10-14)22(23,24)25)30-19-28-17-7-2-4-13(18(17)29-19)11-26-20(32)27-16-8-9-16/h2-7,10,16,31H,8-9,11-12H2,1H3,(H2,26,27,32)(H2,28,29,30). The second-order valence-corrected chi connectivity index (χ2v) is 8.19. The van der Waals surface area contributed by atoms with Crippen LogP contribution in [0.25, 0.3) is 11.0 Å². The number of carbonyl (C=O) groups is 1. The molecule has 1 unspecified atom stereocenters. The lowest BCUT2D eigenvalue weighted by Crippen LogP contribution is -2.36. The van der Waals surface area contributed by atoms with Crippen molar-refractivity contribution in [3.8, 4) is 0 Å². The summed E-state index contributed by atoms with van der Waals surface area (Å²) in [6.45, 7) is 1.41. The molecule has 4 rings (SSSR count). The van der Waals surface area contributed by atoms with E-state index in [0.29, 0.717) is 17.0 Å². The van der Waals surface area contributed by atoms with Gasteiger partial charge in [-0.2, -0.15) is 13.2 Å². The second-order valence-electron chi connectivity index (χ2n) is 8.19. The van der Waals surface area contributed by atoms with Crippen LogP contribution in [0.4, 0.5) is 23.9 Å². The van der Waals surface area contributed by atoms with E-state index in [-0.39, 0.29) is 24.2 Å². The minimum absolute atomic E-state index is 0.240. The van der Waals surface area contributed by atoms with Crippen molar-refractivity contribution < 1.29 is 23.1 Å². The predicted octanol–water partition coefficient (Wildman–Crippen LogP) is 3.86. The van der Waals surface area contributed by atoms with Crippen LogP contribution in [0.2, 0.25) is 0 Å². The number of carbonyl (C=O) groups excluding carboxylic acids is 1. The van der Waals surface area contributed by atoms with Crippen LogP contribution in [0.3, 0.4) is 0 Å². The number of alkyl halides is 3. The van der Waals surface area contributed by atoms with Crippen molar-refractivity contribution in [2.45, 2.75) is 44.1 Å². The molecule has 5 N–H and O–H groups in total. The number of aromatic nitrogens is 2. The van der Waals surface area contributed by atoms with Crippen molar-refractivity contribution in [1.82, 2.24) is 20.6 Å². The molecule has 1 aromatic heterocycles. The minimum Gasteiger partial charge on any atom is -0.394 e. The molecule has 3 aromatic rings. The van der Waals surface area contributed by atoms with Gasteiger partial charge in [-0.15, -0.1) is 0 Å². The maximum Gasteiger partial charge on any atom is 0.416 e. The monoisotopic (exact) mass is 447 g/mol. The van der Waals surface area contributed by atoms with E-state index in [9.17, 15) is 23.1 Å². The number of rotatable bonds is 7. The number of H-pyrrole nitrogens is 1. The number of anilines is 1. The molecule has 1 atom stereocenters. The van der Waals surface area contributed by atoms with E-state index in [2.05, 4.69) is 25.9 Å². The number of aliphatic hydroxyl groups is 1. The highest BCUT2D eigenvalue weighted by molar-refractivity contribution is 5.82.